The first kappa shape index (κ1) is 25.3. The van der Waals surface area contributed by atoms with Crippen LogP contribution in [0.25, 0.3) is 0 Å². The highest BCUT2D eigenvalue weighted by Crippen LogP contribution is 2.18. The number of hydrogen-bond acceptors (Lipinski definition) is 8. The molecule has 0 bridgehead atoms. The van der Waals surface area contributed by atoms with Gasteiger partial charge in [-0.2, -0.15) is 0 Å². The molecule has 2 aromatic rings. The van der Waals surface area contributed by atoms with Crippen LogP contribution >= 0.6 is 23.2 Å². The van der Waals surface area contributed by atoms with Crippen molar-refractivity contribution in [3.63, 3.8) is 0 Å². The minimum Gasteiger partial charge on any atom is -0.480 e. The Hall–Kier alpha value is -2.72. The summed E-state index contributed by atoms with van der Waals surface area (Å²) in [6.45, 7) is 6.71. The number of nitrogens with zero attached hydrogens (tertiary/aromatic N) is 4. The van der Waals surface area contributed by atoms with E-state index in [2.05, 4.69) is 30.6 Å². The average molecular weight is 459 g/mol. The van der Waals surface area contributed by atoms with Gasteiger partial charge in [-0.15, -0.1) is 0 Å². The number of halogens is 2. The van der Waals surface area contributed by atoms with Gasteiger partial charge in [-0.25, -0.2) is 29.5 Å². The van der Waals surface area contributed by atoms with Crippen molar-refractivity contribution in [2.24, 2.45) is 0 Å². The topological polar surface area (TPSA) is 150 Å². The van der Waals surface area contributed by atoms with Crippen LogP contribution in [0.4, 0.5) is 11.8 Å². The first-order valence-electron chi connectivity index (χ1n) is 8.96. The fourth-order valence-corrected chi connectivity index (χ4v) is 2.20. The zero-order valence-corrected chi connectivity index (χ0v) is 18.5. The van der Waals surface area contributed by atoms with E-state index in [1.54, 1.807) is 33.8 Å². The average Bonchev–Trinajstić information content (AvgIpc) is 2.68. The smallest absolute Gasteiger partial charge is 0.329 e. The quantitative estimate of drug-likeness (QED) is 0.341. The number of carboxylic acids is 2. The zero-order valence-electron chi connectivity index (χ0n) is 17.0. The molecule has 164 valence electrons. The molecule has 0 aliphatic heterocycles. The van der Waals surface area contributed by atoms with Crippen LogP contribution in [0, 0.1) is 0 Å². The maximum atomic E-state index is 11.0. The minimum atomic E-state index is -1.08. The Morgan fingerprint density at radius 1 is 0.933 bits per heavy atom. The summed E-state index contributed by atoms with van der Waals surface area (Å²) in [5, 5.41) is 23.9. The summed E-state index contributed by atoms with van der Waals surface area (Å²) in [4.78, 5) is 37.3. The predicted molar refractivity (Wildman–Crippen MR) is 114 cm³/mol. The van der Waals surface area contributed by atoms with Crippen molar-refractivity contribution in [3.8, 4) is 0 Å². The van der Waals surface area contributed by atoms with Gasteiger partial charge in [0.15, 0.2) is 0 Å². The largest absolute Gasteiger partial charge is 0.480 e. The monoisotopic (exact) mass is 458 g/mol. The van der Waals surface area contributed by atoms with Crippen molar-refractivity contribution in [3.05, 3.63) is 35.0 Å². The molecule has 0 aromatic carbocycles. The van der Waals surface area contributed by atoms with E-state index >= 15 is 0 Å². The van der Waals surface area contributed by atoms with E-state index in [0.717, 1.165) is 0 Å². The summed E-state index contributed by atoms with van der Waals surface area (Å²) in [5.74, 6) is -1.26. The van der Waals surface area contributed by atoms with Crippen LogP contribution in [0.2, 0.25) is 10.4 Å². The van der Waals surface area contributed by atoms with Gasteiger partial charge in [0.05, 0.1) is 0 Å². The highest BCUT2D eigenvalue weighted by molar-refractivity contribution is 6.29. The molecule has 4 N–H and O–H groups in total. The molecular weight excluding hydrogens is 435 g/mol. The molecule has 2 atom stereocenters. The van der Waals surface area contributed by atoms with Crippen molar-refractivity contribution in [2.75, 3.05) is 10.6 Å². The number of carbonyl (C=O) groups is 2. The van der Waals surface area contributed by atoms with E-state index in [4.69, 9.17) is 33.4 Å². The molecule has 30 heavy (non-hydrogen) atoms. The molecule has 0 aliphatic carbocycles. The first-order valence-corrected chi connectivity index (χ1v) is 9.71. The van der Waals surface area contributed by atoms with Crippen molar-refractivity contribution in [1.29, 1.82) is 0 Å². The Balaban J connectivity index is 0.000000300. The van der Waals surface area contributed by atoms with E-state index in [0.29, 0.717) is 18.7 Å². The second kappa shape index (κ2) is 10.9. The third-order valence-electron chi connectivity index (χ3n) is 4.40. The zero-order chi connectivity index (χ0) is 22.9. The highest BCUT2D eigenvalue weighted by atomic mass is 35.5. The van der Waals surface area contributed by atoms with Gasteiger partial charge in [0, 0.05) is 12.4 Å². The maximum absolute atomic E-state index is 11.0. The summed E-state index contributed by atoms with van der Waals surface area (Å²) in [7, 11) is 0. The van der Waals surface area contributed by atoms with Crippen LogP contribution in [0.1, 0.15) is 40.5 Å². The van der Waals surface area contributed by atoms with Crippen molar-refractivity contribution >= 4 is 46.9 Å². The third-order valence-corrected chi connectivity index (χ3v) is 4.79. The summed E-state index contributed by atoms with van der Waals surface area (Å²) >= 11 is 11.2. The lowest BCUT2D eigenvalue weighted by Crippen LogP contribution is -2.43. The van der Waals surface area contributed by atoms with Gasteiger partial charge in [-0.05, 0) is 50.4 Å². The van der Waals surface area contributed by atoms with Crippen molar-refractivity contribution < 1.29 is 19.8 Å². The predicted octanol–water partition coefficient (Wildman–Crippen LogP) is 3.59. The summed E-state index contributed by atoms with van der Waals surface area (Å²) in [5.41, 5.74) is -2.12. The van der Waals surface area contributed by atoms with Crippen molar-refractivity contribution in [1.82, 2.24) is 19.9 Å². The number of anilines is 2. The molecule has 0 amide bonds. The Kier molecular flexibility index (Phi) is 9.19. The molecule has 0 saturated heterocycles. The van der Waals surface area contributed by atoms with Gasteiger partial charge >= 0.3 is 11.9 Å². The third kappa shape index (κ3) is 7.27. The van der Waals surface area contributed by atoms with Gasteiger partial charge in [0.1, 0.15) is 22.0 Å². The van der Waals surface area contributed by atoms with Crippen LogP contribution in [-0.2, 0) is 9.59 Å². The second-order valence-corrected chi connectivity index (χ2v) is 7.37. The molecule has 0 saturated carbocycles. The van der Waals surface area contributed by atoms with Crippen molar-refractivity contribution in [2.45, 2.75) is 51.6 Å². The van der Waals surface area contributed by atoms with E-state index in [1.807, 2.05) is 0 Å². The molecule has 0 aliphatic rings. The molecule has 2 rings (SSSR count). The van der Waals surface area contributed by atoms with Gasteiger partial charge in [0.2, 0.25) is 11.2 Å². The van der Waals surface area contributed by atoms with Crippen LogP contribution in [-0.4, -0.2) is 53.2 Å². The number of aromatic nitrogens is 4. The van der Waals surface area contributed by atoms with E-state index in [-0.39, 0.29) is 16.4 Å². The van der Waals surface area contributed by atoms with E-state index in [9.17, 15) is 9.59 Å². The van der Waals surface area contributed by atoms with E-state index in [1.165, 1.54) is 18.5 Å². The molecule has 2 aromatic heterocycles. The highest BCUT2D eigenvalue weighted by Gasteiger charge is 2.32. The summed E-state index contributed by atoms with van der Waals surface area (Å²) < 4.78 is 0. The lowest BCUT2D eigenvalue weighted by molar-refractivity contribution is -0.142. The molecule has 10 nitrogen and oxygen atoms in total. The van der Waals surface area contributed by atoms with Crippen LogP contribution in [0.15, 0.2) is 24.5 Å². The van der Waals surface area contributed by atoms with Crippen LogP contribution in [0.5, 0.6) is 0 Å². The fourth-order valence-electron chi connectivity index (χ4n) is 1.92. The molecule has 2 heterocycles. The van der Waals surface area contributed by atoms with Gasteiger partial charge in [-0.3, -0.25) is 0 Å². The number of aliphatic carboxylic acids is 2. The van der Waals surface area contributed by atoms with Gasteiger partial charge < -0.3 is 20.8 Å². The Bertz CT molecular complexity index is 816. The Morgan fingerprint density at radius 3 is 1.93 bits per heavy atom. The summed E-state index contributed by atoms with van der Waals surface area (Å²) in [6, 6.07) is 3.10. The van der Waals surface area contributed by atoms with Gasteiger partial charge in [-0.1, -0.05) is 25.4 Å². The molecule has 0 fully saturated rings. The fraction of sp³-hybridized carbons (Fsp3) is 0.444. The number of carboxylic acid groups (broad SMARTS) is 2. The molecule has 0 unspecified atom stereocenters. The van der Waals surface area contributed by atoms with Crippen LogP contribution < -0.4 is 10.6 Å². The molecular formula is C18H24Cl2N6O4. The number of hydrogen-bond donors (Lipinski definition) is 4. The van der Waals surface area contributed by atoms with E-state index < -0.39 is 23.0 Å². The Morgan fingerprint density at radius 2 is 1.47 bits per heavy atom. The molecule has 0 radical (unpaired) electrons. The molecule has 12 heteroatoms. The lowest BCUT2D eigenvalue weighted by atomic mass is 9.99. The SMILES string of the molecule is CC[C@@](C)(Nc1ccnc(Cl)n1)C(=O)O.CC[C@@](C)(Nc1nccc(Cl)n1)C(=O)O. The van der Waals surface area contributed by atoms with Gasteiger partial charge in [0.25, 0.3) is 0 Å². The summed E-state index contributed by atoms with van der Waals surface area (Å²) in [6.07, 6.45) is 3.79. The first-order chi connectivity index (χ1) is 14.0. The number of rotatable bonds is 8. The standard InChI is InChI=1S/2C9H12ClN3O2/c1-3-9(2,7(14)15)13-6-4-5-11-8(10)12-6;1-3-9(2,7(14)15)13-8-11-5-4-6(10)12-8/h2*4-5H,3H2,1-2H3,(H,14,15)(H,11,12,13)/t2*9-/m11/s1. The maximum Gasteiger partial charge on any atom is 0.329 e. The second-order valence-electron chi connectivity index (χ2n) is 6.65. The lowest BCUT2D eigenvalue weighted by Gasteiger charge is -2.24. The number of nitrogens with one attached hydrogen (secondary N) is 2. The molecule has 0 spiro atoms. The van der Waals surface area contributed by atoms with Crippen LogP contribution in [0.3, 0.4) is 0 Å². The Labute approximate surface area is 184 Å². The normalized spacial score (nSPS) is 14.3. The minimum absolute atomic E-state index is 0.0869.